The lowest BCUT2D eigenvalue weighted by atomic mass is 10.0. The molecule has 0 aliphatic carbocycles. The van der Waals surface area contributed by atoms with Gasteiger partial charge in [0.2, 0.25) is 0 Å². The predicted molar refractivity (Wildman–Crippen MR) is 87.0 cm³/mol. The maximum atomic E-state index is 6.14. The molecule has 6 heteroatoms. The summed E-state index contributed by atoms with van der Waals surface area (Å²) in [4.78, 5) is 4.12. The third-order valence-corrected chi connectivity index (χ3v) is 4.40. The van der Waals surface area contributed by atoms with Crippen LogP contribution in [-0.2, 0) is 0 Å². The highest BCUT2D eigenvalue weighted by Crippen LogP contribution is 2.28. The Hall–Kier alpha value is -1.10. The molecular weight excluding hydrogens is 307 g/mol. The van der Waals surface area contributed by atoms with E-state index in [1.165, 1.54) is 0 Å². The molecule has 1 atom stereocenters. The highest BCUT2D eigenvalue weighted by atomic mass is 35.5. The summed E-state index contributed by atoms with van der Waals surface area (Å²) in [7, 11) is 0. The lowest BCUT2D eigenvalue weighted by Crippen LogP contribution is -2.27. The normalized spacial score (nSPS) is 12.8. The van der Waals surface area contributed by atoms with Crippen molar-refractivity contribution in [3.63, 3.8) is 0 Å². The van der Waals surface area contributed by atoms with Crippen molar-refractivity contribution in [3.05, 3.63) is 46.2 Å². The maximum absolute atomic E-state index is 6.14. The molecule has 0 spiro atoms. The number of hydrogen-bond acceptors (Lipinski definition) is 3. The quantitative estimate of drug-likeness (QED) is 0.773. The van der Waals surface area contributed by atoms with Crippen molar-refractivity contribution in [1.82, 2.24) is 19.9 Å². The van der Waals surface area contributed by atoms with Crippen molar-refractivity contribution in [2.45, 2.75) is 26.3 Å². The minimum Gasteiger partial charge on any atom is -0.304 e. The molecule has 2 aromatic rings. The van der Waals surface area contributed by atoms with Crippen LogP contribution in [0.25, 0.3) is 0 Å². The molecule has 0 fully saturated rings. The second kappa shape index (κ2) is 7.78. The van der Waals surface area contributed by atoms with E-state index in [4.69, 9.17) is 23.2 Å². The number of benzene rings is 1. The Bertz CT molecular complexity index is 553. The molecule has 0 saturated carbocycles. The molecule has 4 nitrogen and oxygen atoms in total. The van der Waals surface area contributed by atoms with Crippen LogP contribution in [0.1, 0.15) is 31.9 Å². The summed E-state index contributed by atoms with van der Waals surface area (Å²) in [5.74, 6) is 0. The van der Waals surface area contributed by atoms with Gasteiger partial charge < -0.3 is 4.90 Å². The standard InChI is InChI=1S/C15H20Cl2N4/c1-3-20(4-2)10-7-15(21-18-8-9-19-21)12-5-6-13(16)14(17)11-12/h5-6,8-9,11,15H,3-4,7,10H2,1-2H3. The van der Waals surface area contributed by atoms with Crippen molar-refractivity contribution < 1.29 is 0 Å². The van der Waals surface area contributed by atoms with Crippen molar-refractivity contribution in [2.24, 2.45) is 0 Å². The van der Waals surface area contributed by atoms with Gasteiger partial charge in [-0.2, -0.15) is 15.0 Å². The zero-order valence-electron chi connectivity index (χ0n) is 12.3. The van der Waals surface area contributed by atoms with Gasteiger partial charge in [0.25, 0.3) is 0 Å². The molecule has 0 N–H and O–H groups in total. The Morgan fingerprint density at radius 3 is 2.33 bits per heavy atom. The van der Waals surface area contributed by atoms with Crippen molar-refractivity contribution in [1.29, 1.82) is 0 Å². The lowest BCUT2D eigenvalue weighted by molar-refractivity contribution is 0.274. The van der Waals surface area contributed by atoms with E-state index in [2.05, 4.69) is 28.9 Å². The molecule has 1 aromatic carbocycles. The number of aromatic nitrogens is 3. The van der Waals surface area contributed by atoms with E-state index >= 15 is 0 Å². The molecule has 0 aliphatic heterocycles. The van der Waals surface area contributed by atoms with E-state index in [0.717, 1.165) is 31.6 Å². The van der Waals surface area contributed by atoms with Gasteiger partial charge in [0, 0.05) is 6.54 Å². The second-order valence-corrected chi connectivity index (χ2v) is 5.67. The highest BCUT2D eigenvalue weighted by molar-refractivity contribution is 6.42. The van der Waals surface area contributed by atoms with Gasteiger partial charge in [-0.05, 0) is 37.2 Å². The summed E-state index contributed by atoms with van der Waals surface area (Å²) in [6, 6.07) is 5.79. The third-order valence-electron chi connectivity index (χ3n) is 3.66. The molecule has 2 rings (SSSR count). The average Bonchev–Trinajstić information content (AvgIpc) is 3.01. The predicted octanol–water partition coefficient (Wildman–Crippen LogP) is 3.91. The Morgan fingerprint density at radius 2 is 1.76 bits per heavy atom. The van der Waals surface area contributed by atoms with Crippen LogP contribution in [0.4, 0.5) is 0 Å². The van der Waals surface area contributed by atoms with Crippen LogP contribution in [0.3, 0.4) is 0 Å². The average molecular weight is 327 g/mol. The number of rotatable bonds is 7. The van der Waals surface area contributed by atoms with Crippen molar-refractivity contribution >= 4 is 23.2 Å². The zero-order valence-corrected chi connectivity index (χ0v) is 13.8. The topological polar surface area (TPSA) is 34.0 Å². The smallest absolute Gasteiger partial charge is 0.0978 e. The van der Waals surface area contributed by atoms with Crippen LogP contribution in [0.15, 0.2) is 30.6 Å². The largest absolute Gasteiger partial charge is 0.304 e. The Balaban J connectivity index is 2.22. The Kier molecular flexibility index (Phi) is 6.03. The van der Waals surface area contributed by atoms with Crippen LogP contribution in [0.2, 0.25) is 10.0 Å². The van der Waals surface area contributed by atoms with Gasteiger partial charge in [0.1, 0.15) is 0 Å². The van der Waals surface area contributed by atoms with E-state index in [9.17, 15) is 0 Å². The molecule has 0 amide bonds. The van der Waals surface area contributed by atoms with Crippen LogP contribution < -0.4 is 0 Å². The Labute approximate surface area is 135 Å². The van der Waals surface area contributed by atoms with Gasteiger partial charge in [0.15, 0.2) is 0 Å². The molecule has 1 aromatic heterocycles. The maximum Gasteiger partial charge on any atom is 0.0978 e. The van der Waals surface area contributed by atoms with Crippen molar-refractivity contribution in [3.8, 4) is 0 Å². The minimum atomic E-state index is 0.0652. The highest BCUT2D eigenvalue weighted by Gasteiger charge is 2.17. The lowest BCUT2D eigenvalue weighted by Gasteiger charge is -2.23. The van der Waals surface area contributed by atoms with Gasteiger partial charge in [-0.3, -0.25) is 0 Å². The monoisotopic (exact) mass is 326 g/mol. The number of halogens is 2. The fourth-order valence-electron chi connectivity index (χ4n) is 2.37. The molecule has 0 bridgehead atoms. The minimum absolute atomic E-state index is 0.0652. The zero-order chi connectivity index (χ0) is 15.2. The first kappa shape index (κ1) is 16.3. The summed E-state index contributed by atoms with van der Waals surface area (Å²) in [5.41, 5.74) is 1.08. The molecule has 1 unspecified atom stereocenters. The first-order valence-corrected chi connectivity index (χ1v) is 7.94. The second-order valence-electron chi connectivity index (χ2n) is 4.85. The van der Waals surface area contributed by atoms with E-state index in [-0.39, 0.29) is 6.04 Å². The first-order chi connectivity index (χ1) is 10.2. The van der Waals surface area contributed by atoms with Gasteiger partial charge >= 0.3 is 0 Å². The number of hydrogen-bond donors (Lipinski definition) is 0. The van der Waals surface area contributed by atoms with Crippen LogP contribution in [0.5, 0.6) is 0 Å². The fourth-order valence-corrected chi connectivity index (χ4v) is 2.67. The van der Waals surface area contributed by atoms with Crippen molar-refractivity contribution in [2.75, 3.05) is 19.6 Å². The summed E-state index contributed by atoms with van der Waals surface area (Å²) in [6.45, 7) is 7.40. The third kappa shape index (κ3) is 4.19. The summed E-state index contributed by atoms with van der Waals surface area (Å²) in [5, 5.41) is 9.70. The number of nitrogens with zero attached hydrogens (tertiary/aromatic N) is 4. The van der Waals surface area contributed by atoms with Crippen LogP contribution in [-0.4, -0.2) is 39.5 Å². The van der Waals surface area contributed by atoms with E-state index in [1.807, 2.05) is 18.2 Å². The fraction of sp³-hybridized carbons (Fsp3) is 0.467. The molecule has 0 saturated heterocycles. The summed E-state index contributed by atoms with van der Waals surface area (Å²) >= 11 is 12.1. The van der Waals surface area contributed by atoms with E-state index in [0.29, 0.717) is 10.0 Å². The molecule has 1 heterocycles. The van der Waals surface area contributed by atoms with E-state index < -0.39 is 0 Å². The molecule has 114 valence electrons. The Morgan fingerprint density at radius 1 is 1.10 bits per heavy atom. The molecule has 21 heavy (non-hydrogen) atoms. The van der Waals surface area contributed by atoms with E-state index in [1.54, 1.807) is 17.2 Å². The molecule has 0 radical (unpaired) electrons. The summed E-state index contributed by atoms with van der Waals surface area (Å²) < 4.78 is 0. The van der Waals surface area contributed by atoms with Gasteiger partial charge in [-0.25, -0.2) is 0 Å². The SMILES string of the molecule is CCN(CC)CCC(c1ccc(Cl)c(Cl)c1)n1nccn1. The summed E-state index contributed by atoms with van der Waals surface area (Å²) in [6.07, 6.45) is 4.32. The van der Waals surface area contributed by atoms with Crippen LogP contribution in [0, 0.1) is 0 Å². The van der Waals surface area contributed by atoms with Gasteiger partial charge in [-0.1, -0.05) is 43.1 Å². The van der Waals surface area contributed by atoms with Gasteiger partial charge in [-0.15, -0.1) is 0 Å². The first-order valence-electron chi connectivity index (χ1n) is 7.18. The van der Waals surface area contributed by atoms with Crippen LogP contribution >= 0.6 is 23.2 Å². The molecular formula is C15H20Cl2N4. The molecule has 0 aliphatic rings. The van der Waals surface area contributed by atoms with Gasteiger partial charge in [0.05, 0.1) is 28.5 Å².